The molecular weight excluding hydrogens is 328 g/mol. The second-order valence-electron chi connectivity index (χ2n) is 6.68. The Morgan fingerprint density at radius 3 is 2.35 bits per heavy atom. The van der Waals surface area contributed by atoms with Crippen molar-refractivity contribution in [3.63, 3.8) is 0 Å². The molecule has 1 fully saturated rings. The number of aromatic nitrogens is 4. The van der Waals surface area contributed by atoms with Crippen LogP contribution in [0, 0.1) is 6.92 Å². The van der Waals surface area contributed by atoms with Gasteiger partial charge in [0.2, 0.25) is 5.95 Å². The minimum Gasteiger partial charge on any atom is -0.368 e. The van der Waals surface area contributed by atoms with E-state index >= 15 is 0 Å². The van der Waals surface area contributed by atoms with Gasteiger partial charge in [-0.25, -0.2) is 4.98 Å². The van der Waals surface area contributed by atoms with E-state index in [1.165, 1.54) is 5.69 Å². The number of para-hydroxylation sites is 1. The number of hydrogen-bond donors (Lipinski definition) is 0. The molecule has 0 unspecified atom stereocenters. The molecule has 1 aliphatic rings. The second kappa shape index (κ2) is 6.48. The second-order valence-corrected chi connectivity index (χ2v) is 6.68. The lowest BCUT2D eigenvalue weighted by atomic mass is 10.2. The van der Waals surface area contributed by atoms with Crippen molar-refractivity contribution in [3.8, 4) is 0 Å². The Labute approximate surface area is 152 Å². The van der Waals surface area contributed by atoms with Crippen molar-refractivity contribution < 1.29 is 0 Å². The third-order valence-electron chi connectivity index (χ3n) is 5.09. The van der Waals surface area contributed by atoms with Crippen LogP contribution in [-0.2, 0) is 13.6 Å². The smallest absolute Gasteiger partial charge is 0.281 e. The summed E-state index contributed by atoms with van der Waals surface area (Å²) in [6.45, 7) is 7.99. The highest BCUT2D eigenvalue weighted by atomic mass is 16.1. The summed E-state index contributed by atoms with van der Waals surface area (Å²) in [6, 6.07) is 10.4. The van der Waals surface area contributed by atoms with Crippen LogP contribution in [0.1, 0.15) is 12.6 Å². The lowest BCUT2D eigenvalue weighted by Crippen LogP contribution is -2.48. The quantitative estimate of drug-likeness (QED) is 0.719. The Bertz CT molecular complexity index is 983. The molecule has 136 valence electrons. The maximum Gasteiger partial charge on any atom is 0.281 e. The Morgan fingerprint density at radius 2 is 1.69 bits per heavy atom. The third kappa shape index (κ3) is 2.64. The van der Waals surface area contributed by atoms with E-state index in [2.05, 4.69) is 39.2 Å². The number of piperazine rings is 1. The van der Waals surface area contributed by atoms with E-state index in [1.54, 1.807) is 16.3 Å². The zero-order valence-corrected chi connectivity index (χ0v) is 15.5. The summed E-state index contributed by atoms with van der Waals surface area (Å²) >= 11 is 0. The van der Waals surface area contributed by atoms with Crippen LogP contribution in [-0.4, -0.2) is 45.5 Å². The first-order chi connectivity index (χ1) is 12.6. The van der Waals surface area contributed by atoms with Crippen LogP contribution >= 0.6 is 0 Å². The highest BCUT2D eigenvalue weighted by Gasteiger charge is 2.23. The number of nitrogens with zero attached hydrogens (tertiary/aromatic N) is 6. The Balaban J connectivity index is 1.67. The number of fused-ring (bicyclic) bond motifs is 1. The first kappa shape index (κ1) is 16.6. The van der Waals surface area contributed by atoms with Gasteiger partial charge in [0, 0.05) is 45.5 Å². The van der Waals surface area contributed by atoms with Gasteiger partial charge in [0.15, 0.2) is 5.52 Å². The van der Waals surface area contributed by atoms with Gasteiger partial charge in [0.1, 0.15) is 5.52 Å². The molecule has 0 aliphatic carbocycles. The molecule has 0 N–H and O–H groups in total. The third-order valence-corrected chi connectivity index (χ3v) is 5.09. The molecule has 7 nitrogen and oxygen atoms in total. The van der Waals surface area contributed by atoms with E-state index in [0.29, 0.717) is 17.6 Å². The van der Waals surface area contributed by atoms with Crippen LogP contribution in [0.25, 0.3) is 11.0 Å². The molecule has 0 amide bonds. The minimum absolute atomic E-state index is 0.0129. The van der Waals surface area contributed by atoms with Crippen molar-refractivity contribution >= 4 is 22.7 Å². The van der Waals surface area contributed by atoms with E-state index in [9.17, 15) is 4.79 Å². The SMILES string of the molecule is CCn1c(N2CCN(c3ccccc3)CC2)nc2c(C)nn(C)c2c1=O. The van der Waals surface area contributed by atoms with Gasteiger partial charge in [0.25, 0.3) is 5.56 Å². The predicted molar refractivity (Wildman–Crippen MR) is 104 cm³/mol. The van der Waals surface area contributed by atoms with E-state index in [1.807, 2.05) is 19.9 Å². The molecule has 0 spiro atoms. The van der Waals surface area contributed by atoms with Gasteiger partial charge in [-0.05, 0) is 26.0 Å². The van der Waals surface area contributed by atoms with Crippen LogP contribution in [0.2, 0.25) is 0 Å². The molecule has 26 heavy (non-hydrogen) atoms. The van der Waals surface area contributed by atoms with Crippen LogP contribution in [0.5, 0.6) is 0 Å². The summed E-state index contributed by atoms with van der Waals surface area (Å²) in [5.41, 5.74) is 3.32. The van der Waals surface area contributed by atoms with Gasteiger partial charge in [-0.1, -0.05) is 18.2 Å². The molecule has 0 atom stereocenters. The average molecular weight is 352 g/mol. The van der Waals surface area contributed by atoms with E-state index in [0.717, 1.165) is 37.8 Å². The maximum absolute atomic E-state index is 13.0. The molecule has 0 bridgehead atoms. The van der Waals surface area contributed by atoms with Crippen molar-refractivity contribution in [1.82, 2.24) is 19.3 Å². The van der Waals surface area contributed by atoms with Gasteiger partial charge in [-0.2, -0.15) is 5.10 Å². The summed E-state index contributed by atoms with van der Waals surface area (Å²) in [7, 11) is 1.80. The number of anilines is 2. The topological polar surface area (TPSA) is 59.2 Å². The highest BCUT2D eigenvalue weighted by molar-refractivity contribution is 5.77. The van der Waals surface area contributed by atoms with Crippen LogP contribution in [0.4, 0.5) is 11.6 Å². The minimum atomic E-state index is -0.0129. The summed E-state index contributed by atoms with van der Waals surface area (Å²) in [6.07, 6.45) is 0. The van der Waals surface area contributed by atoms with Crippen LogP contribution in [0.3, 0.4) is 0 Å². The van der Waals surface area contributed by atoms with Gasteiger partial charge in [0.05, 0.1) is 5.69 Å². The summed E-state index contributed by atoms with van der Waals surface area (Å²) in [5, 5.41) is 4.38. The largest absolute Gasteiger partial charge is 0.368 e. The molecule has 0 saturated carbocycles. The fourth-order valence-corrected chi connectivity index (χ4v) is 3.73. The van der Waals surface area contributed by atoms with Gasteiger partial charge in [-0.15, -0.1) is 0 Å². The predicted octanol–water partition coefficient (Wildman–Crippen LogP) is 1.78. The van der Waals surface area contributed by atoms with Gasteiger partial charge < -0.3 is 9.80 Å². The summed E-state index contributed by atoms with van der Waals surface area (Å²) in [5.74, 6) is 0.758. The zero-order chi connectivity index (χ0) is 18.3. The highest BCUT2D eigenvalue weighted by Crippen LogP contribution is 2.21. The number of rotatable bonds is 3. The molecule has 1 saturated heterocycles. The lowest BCUT2D eigenvalue weighted by molar-refractivity contribution is 0.605. The van der Waals surface area contributed by atoms with Crippen LogP contribution < -0.4 is 15.4 Å². The molecule has 3 aromatic rings. The Kier molecular flexibility index (Phi) is 4.14. The molecule has 3 heterocycles. The summed E-state index contributed by atoms with van der Waals surface area (Å²) in [4.78, 5) is 22.4. The van der Waals surface area contributed by atoms with E-state index in [-0.39, 0.29) is 5.56 Å². The van der Waals surface area contributed by atoms with Gasteiger partial charge >= 0.3 is 0 Å². The van der Waals surface area contributed by atoms with Crippen molar-refractivity contribution in [2.75, 3.05) is 36.0 Å². The molecule has 0 radical (unpaired) electrons. The van der Waals surface area contributed by atoms with Gasteiger partial charge in [-0.3, -0.25) is 14.0 Å². The molecule has 1 aliphatic heterocycles. The maximum atomic E-state index is 13.0. The normalized spacial score (nSPS) is 15.0. The monoisotopic (exact) mass is 352 g/mol. The average Bonchev–Trinajstić information content (AvgIpc) is 2.96. The molecule has 1 aromatic carbocycles. The molecular formula is C19H24N6O. The molecule has 7 heteroatoms. The van der Waals surface area contributed by atoms with Crippen molar-refractivity contribution in [1.29, 1.82) is 0 Å². The first-order valence-electron chi connectivity index (χ1n) is 9.09. The number of hydrogen-bond acceptors (Lipinski definition) is 5. The van der Waals surface area contributed by atoms with Crippen molar-refractivity contribution in [2.45, 2.75) is 20.4 Å². The van der Waals surface area contributed by atoms with E-state index < -0.39 is 0 Å². The standard InChI is InChI=1S/C19H24N6O/c1-4-25-18(26)17-16(14(2)21-22(17)3)20-19(25)24-12-10-23(11-13-24)15-8-6-5-7-9-15/h5-9H,4,10-13H2,1-3H3. The van der Waals surface area contributed by atoms with Crippen molar-refractivity contribution in [2.24, 2.45) is 7.05 Å². The lowest BCUT2D eigenvalue weighted by Gasteiger charge is -2.37. The number of benzene rings is 1. The molecule has 2 aromatic heterocycles. The molecule has 4 rings (SSSR count). The number of aryl methyl sites for hydroxylation is 2. The zero-order valence-electron chi connectivity index (χ0n) is 15.5. The fourth-order valence-electron chi connectivity index (χ4n) is 3.73. The fraction of sp³-hybridized carbons (Fsp3) is 0.421. The Morgan fingerprint density at radius 1 is 1.04 bits per heavy atom. The summed E-state index contributed by atoms with van der Waals surface area (Å²) < 4.78 is 3.41. The van der Waals surface area contributed by atoms with E-state index in [4.69, 9.17) is 4.98 Å². The Hall–Kier alpha value is -2.83. The first-order valence-corrected chi connectivity index (χ1v) is 9.09. The van der Waals surface area contributed by atoms with Crippen LogP contribution in [0.15, 0.2) is 35.1 Å². The van der Waals surface area contributed by atoms with Crippen molar-refractivity contribution in [3.05, 3.63) is 46.4 Å².